The van der Waals surface area contributed by atoms with Gasteiger partial charge in [0, 0.05) is 10.9 Å². The molecule has 0 radical (unpaired) electrons. The van der Waals surface area contributed by atoms with Crippen molar-refractivity contribution in [1.29, 1.82) is 0 Å². The zero-order chi connectivity index (χ0) is 16.1. The van der Waals surface area contributed by atoms with Crippen LogP contribution >= 0.6 is 22.7 Å². The number of carbonyl (C=O) groups is 1. The van der Waals surface area contributed by atoms with Crippen molar-refractivity contribution in [2.45, 2.75) is 50.5 Å². The highest BCUT2D eigenvalue weighted by atomic mass is 32.1. The number of thiophene rings is 1. The smallest absolute Gasteiger partial charge is 0.226 e. The van der Waals surface area contributed by atoms with Crippen LogP contribution in [0.2, 0.25) is 0 Å². The lowest BCUT2D eigenvalue weighted by Crippen LogP contribution is -2.60. The number of nitrogens with zero attached hydrogens (tertiary/aromatic N) is 1. The summed E-state index contributed by atoms with van der Waals surface area (Å²) in [7, 11) is 0. The first-order chi connectivity index (χ1) is 11.7. The van der Waals surface area contributed by atoms with Crippen LogP contribution in [0.25, 0.3) is 9.88 Å². The lowest BCUT2D eigenvalue weighted by molar-refractivity contribution is -0.126. The summed E-state index contributed by atoms with van der Waals surface area (Å²) >= 11 is 3.34. The van der Waals surface area contributed by atoms with Gasteiger partial charge in [-0.2, -0.15) is 0 Å². The Bertz CT molecular complexity index is 714. The Labute approximate surface area is 150 Å². The molecule has 4 aliphatic carbocycles. The second-order valence-corrected chi connectivity index (χ2v) is 9.85. The van der Waals surface area contributed by atoms with Crippen LogP contribution in [0, 0.1) is 17.8 Å². The minimum Gasteiger partial charge on any atom is -0.350 e. The van der Waals surface area contributed by atoms with Crippen molar-refractivity contribution in [2.24, 2.45) is 17.8 Å². The minimum absolute atomic E-state index is 0.110. The van der Waals surface area contributed by atoms with E-state index in [1.165, 1.54) is 43.4 Å². The Morgan fingerprint density at radius 1 is 1.17 bits per heavy atom. The lowest BCUT2D eigenvalue weighted by Gasteiger charge is -2.56. The highest BCUT2D eigenvalue weighted by Gasteiger charge is 2.51. The zero-order valence-electron chi connectivity index (χ0n) is 13.7. The standard InChI is InChI=1S/C19H22N2OS2/c22-17(7-15-11-24-18(20-15)16-2-1-3-23-16)21-19-8-12-4-13(9-19)6-14(5-12)10-19/h1-3,11-14H,4-10H2,(H,21,22). The average Bonchev–Trinajstić information content (AvgIpc) is 3.15. The molecule has 4 saturated carbocycles. The summed E-state index contributed by atoms with van der Waals surface area (Å²) in [5.41, 5.74) is 1.02. The first kappa shape index (κ1) is 15.1. The molecule has 0 aromatic carbocycles. The van der Waals surface area contributed by atoms with Gasteiger partial charge in [-0.1, -0.05) is 6.07 Å². The second kappa shape index (κ2) is 5.67. The maximum absolute atomic E-state index is 12.6. The average molecular weight is 359 g/mol. The second-order valence-electron chi connectivity index (χ2n) is 8.04. The van der Waals surface area contributed by atoms with Crippen molar-refractivity contribution in [3.8, 4) is 9.88 Å². The molecule has 4 bridgehead atoms. The van der Waals surface area contributed by atoms with Crippen molar-refractivity contribution < 1.29 is 4.79 Å². The van der Waals surface area contributed by atoms with Crippen molar-refractivity contribution in [3.05, 3.63) is 28.6 Å². The number of hydrogen-bond donors (Lipinski definition) is 1. The number of thiazole rings is 1. The third-order valence-electron chi connectivity index (χ3n) is 6.07. The van der Waals surface area contributed by atoms with Crippen molar-refractivity contribution in [3.63, 3.8) is 0 Å². The number of carbonyl (C=O) groups excluding carboxylic acids is 1. The fourth-order valence-electron chi connectivity index (χ4n) is 5.67. The molecule has 4 aliphatic rings. The third kappa shape index (κ3) is 2.72. The predicted octanol–water partition coefficient (Wildman–Crippen LogP) is 4.50. The maximum atomic E-state index is 12.6. The van der Waals surface area contributed by atoms with Crippen LogP contribution in [0.3, 0.4) is 0 Å². The first-order valence-corrected chi connectivity index (χ1v) is 10.7. The molecule has 2 heterocycles. The van der Waals surface area contributed by atoms with Crippen LogP contribution in [-0.2, 0) is 11.2 Å². The molecule has 1 N–H and O–H groups in total. The van der Waals surface area contributed by atoms with Crippen LogP contribution in [-0.4, -0.2) is 16.4 Å². The van der Waals surface area contributed by atoms with E-state index in [1.54, 1.807) is 22.7 Å². The minimum atomic E-state index is 0.110. The van der Waals surface area contributed by atoms with E-state index >= 15 is 0 Å². The third-order valence-corrected chi connectivity index (χ3v) is 8.00. The molecule has 6 rings (SSSR count). The van der Waals surface area contributed by atoms with E-state index in [-0.39, 0.29) is 11.4 Å². The van der Waals surface area contributed by atoms with Gasteiger partial charge >= 0.3 is 0 Å². The summed E-state index contributed by atoms with van der Waals surface area (Å²) < 4.78 is 0. The molecule has 0 unspecified atom stereocenters. The molecule has 0 spiro atoms. The van der Waals surface area contributed by atoms with E-state index in [0.29, 0.717) is 6.42 Å². The molecule has 3 nitrogen and oxygen atoms in total. The van der Waals surface area contributed by atoms with Crippen molar-refractivity contribution >= 4 is 28.6 Å². The van der Waals surface area contributed by atoms with Gasteiger partial charge in [0.2, 0.25) is 5.91 Å². The van der Waals surface area contributed by atoms with Gasteiger partial charge in [0.15, 0.2) is 0 Å². The Kier molecular flexibility index (Phi) is 3.56. The normalized spacial score (nSPS) is 33.8. The predicted molar refractivity (Wildman–Crippen MR) is 98.2 cm³/mol. The quantitative estimate of drug-likeness (QED) is 0.874. The topological polar surface area (TPSA) is 42.0 Å². The molecule has 126 valence electrons. The highest BCUT2D eigenvalue weighted by molar-refractivity contribution is 7.20. The van der Waals surface area contributed by atoms with Crippen molar-refractivity contribution in [2.75, 3.05) is 0 Å². The summed E-state index contributed by atoms with van der Waals surface area (Å²) in [6, 6.07) is 4.13. The maximum Gasteiger partial charge on any atom is 0.226 e. The summed E-state index contributed by atoms with van der Waals surface area (Å²) in [5, 5.41) is 8.58. The van der Waals surface area contributed by atoms with Gasteiger partial charge in [0.05, 0.1) is 17.0 Å². The molecule has 0 aliphatic heterocycles. The highest BCUT2D eigenvalue weighted by Crippen LogP contribution is 2.55. The fraction of sp³-hybridized carbons (Fsp3) is 0.579. The van der Waals surface area contributed by atoms with Crippen LogP contribution < -0.4 is 5.32 Å². The van der Waals surface area contributed by atoms with Crippen LogP contribution in [0.15, 0.2) is 22.9 Å². The van der Waals surface area contributed by atoms with E-state index in [1.807, 2.05) is 11.4 Å². The summed E-state index contributed by atoms with van der Waals surface area (Å²) in [4.78, 5) is 18.5. The first-order valence-electron chi connectivity index (χ1n) is 8.97. The zero-order valence-corrected chi connectivity index (χ0v) is 15.3. The Balaban J connectivity index is 1.26. The molecule has 0 atom stereocenters. The van der Waals surface area contributed by atoms with E-state index in [4.69, 9.17) is 0 Å². The van der Waals surface area contributed by atoms with Crippen molar-refractivity contribution in [1.82, 2.24) is 10.3 Å². The van der Waals surface area contributed by atoms with Gasteiger partial charge in [0.1, 0.15) is 5.01 Å². The Morgan fingerprint density at radius 2 is 1.88 bits per heavy atom. The Morgan fingerprint density at radius 3 is 2.50 bits per heavy atom. The Hall–Kier alpha value is -1.20. The van der Waals surface area contributed by atoms with E-state index < -0.39 is 0 Å². The van der Waals surface area contributed by atoms with E-state index in [2.05, 4.69) is 21.7 Å². The molecular formula is C19H22N2OS2. The molecule has 5 heteroatoms. The van der Waals surface area contributed by atoms with Gasteiger partial charge < -0.3 is 5.32 Å². The van der Waals surface area contributed by atoms with Gasteiger partial charge in [-0.15, -0.1) is 22.7 Å². The van der Waals surface area contributed by atoms with Crippen LogP contribution in [0.5, 0.6) is 0 Å². The molecule has 4 fully saturated rings. The van der Waals surface area contributed by atoms with E-state index in [9.17, 15) is 4.79 Å². The van der Waals surface area contributed by atoms with Gasteiger partial charge in [-0.25, -0.2) is 4.98 Å². The lowest BCUT2D eigenvalue weighted by atomic mass is 9.53. The monoisotopic (exact) mass is 358 g/mol. The van der Waals surface area contributed by atoms with Gasteiger partial charge in [-0.05, 0) is 67.7 Å². The van der Waals surface area contributed by atoms with Crippen LogP contribution in [0.1, 0.15) is 44.2 Å². The number of rotatable bonds is 4. The molecule has 1 amide bonds. The molecular weight excluding hydrogens is 336 g/mol. The number of amides is 1. The number of aromatic nitrogens is 1. The molecule has 2 aromatic heterocycles. The SMILES string of the molecule is O=C(Cc1csc(-c2cccs2)n1)NC12CC3CC(CC(C3)C1)C2. The summed E-state index contributed by atoms with van der Waals surface area (Å²) in [6.07, 6.45) is 8.28. The van der Waals surface area contributed by atoms with Gasteiger partial charge in [-0.3, -0.25) is 4.79 Å². The molecule has 24 heavy (non-hydrogen) atoms. The number of nitrogens with one attached hydrogen (secondary N) is 1. The number of hydrogen-bond acceptors (Lipinski definition) is 4. The van der Waals surface area contributed by atoms with E-state index in [0.717, 1.165) is 28.5 Å². The van der Waals surface area contributed by atoms with Gasteiger partial charge in [0.25, 0.3) is 0 Å². The summed E-state index contributed by atoms with van der Waals surface area (Å²) in [5.74, 6) is 2.75. The molecule has 0 saturated heterocycles. The van der Waals surface area contributed by atoms with Crippen LogP contribution in [0.4, 0.5) is 0 Å². The largest absolute Gasteiger partial charge is 0.350 e. The molecule has 2 aromatic rings. The fourth-order valence-corrected chi connectivity index (χ4v) is 7.30. The summed E-state index contributed by atoms with van der Waals surface area (Å²) in [6.45, 7) is 0.